The monoisotopic (exact) mass is 467 g/mol. The van der Waals surface area contributed by atoms with Gasteiger partial charge in [0.25, 0.3) is 0 Å². The van der Waals surface area contributed by atoms with Crippen molar-refractivity contribution in [3.63, 3.8) is 0 Å². The summed E-state index contributed by atoms with van der Waals surface area (Å²) in [7, 11) is -0.225. The molecule has 1 atom stereocenters. The largest absolute Gasteiger partial charge is 0.497 e. The number of hydrogen-bond acceptors (Lipinski definition) is 6. The molecule has 1 N–H and O–H groups in total. The van der Waals surface area contributed by atoms with Crippen molar-refractivity contribution in [3.8, 4) is 5.75 Å². The van der Waals surface area contributed by atoms with Crippen molar-refractivity contribution >= 4 is 20.0 Å². The van der Waals surface area contributed by atoms with E-state index in [0.29, 0.717) is 12.5 Å². The van der Waals surface area contributed by atoms with Crippen LogP contribution in [0.5, 0.6) is 5.75 Å². The molecule has 1 aromatic carbocycles. The van der Waals surface area contributed by atoms with E-state index in [1.54, 1.807) is 13.4 Å². The molecule has 0 bridgehead atoms. The van der Waals surface area contributed by atoms with Gasteiger partial charge in [-0.25, -0.2) is 4.68 Å². The molecule has 0 aliphatic carbocycles. The molecule has 0 amide bonds. The highest BCUT2D eigenvalue weighted by atomic mass is 28.4. The molecule has 7 nitrogen and oxygen atoms in total. The van der Waals surface area contributed by atoms with Crippen LogP contribution in [0.1, 0.15) is 57.0 Å². The number of aromatic nitrogens is 4. The van der Waals surface area contributed by atoms with E-state index >= 15 is 0 Å². The van der Waals surface area contributed by atoms with Crippen molar-refractivity contribution in [3.05, 3.63) is 59.7 Å². The molecule has 2 heterocycles. The lowest BCUT2D eigenvalue weighted by atomic mass is 10.1. The summed E-state index contributed by atoms with van der Waals surface area (Å²) in [6.07, 6.45) is 4.32. The fourth-order valence-corrected chi connectivity index (χ4v) is 4.62. The van der Waals surface area contributed by atoms with E-state index < -0.39 is 8.32 Å². The second-order valence-electron chi connectivity index (χ2n) is 9.91. The molecule has 178 valence electrons. The molecule has 0 spiro atoms. The van der Waals surface area contributed by atoms with Crippen molar-refractivity contribution in [2.24, 2.45) is 0 Å². The zero-order valence-electron chi connectivity index (χ0n) is 21.1. The van der Waals surface area contributed by atoms with Crippen LogP contribution in [-0.2, 0) is 11.0 Å². The maximum absolute atomic E-state index is 6.66. The van der Waals surface area contributed by atoms with Gasteiger partial charge in [-0.1, -0.05) is 39.8 Å². The average molecular weight is 468 g/mol. The van der Waals surface area contributed by atoms with Gasteiger partial charge in [0.1, 0.15) is 12.1 Å². The van der Waals surface area contributed by atoms with Gasteiger partial charge in [0.05, 0.1) is 37.3 Å². The molecular formula is C25H37N5O2Si. The quantitative estimate of drug-likeness (QED) is 0.375. The van der Waals surface area contributed by atoms with Crippen molar-refractivity contribution < 1.29 is 9.16 Å². The van der Waals surface area contributed by atoms with Crippen LogP contribution in [0.2, 0.25) is 18.1 Å². The number of benzene rings is 1. The zero-order valence-corrected chi connectivity index (χ0v) is 22.1. The molecule has 0 fully saturated rings. The second kappa shape index (κ2) is 10.1. The van der Waals surface area contributed by atoms with E-state index in [-0.39, 0.29) is 11.1 Å². The minimum absolute atomic E-state index is 0.00244. The van der Waals surface area contributed by atoms with E-state index in [1.165, 1.54) is 0 Å². The van der Waals surface area contributed by atoms with Crippen LogP contribution in [0.3, 0.4) is 0 Å². The Morgan fingerprint density at radius 3 is 2.39 bits per heavy atom. The maximum atomic E-state index is 6.66. The first-order valence-corrected chi connectivity index (χ1v) is 14.4. The number of rotatable bonds is 9. The van der Waals surface area contributed by atoms with Crippen molar-refractivity contribution in [1.82, 2.24) is 19.7 Å². The Hall–Kier alpha value is -2.71. The number of anilines is 2. The Balaban J connectivity index is 1.75. The van der Waals surface area contributed by atoms with E-state index in [4.69, 9.17) is 14.1 Å². The summed E-state index contributed by atoms with van der Waals surface area (Å²) in [5.74, 6) is 1.51. The Morgan fingerprint density at radius 1 is 1.12 bits per heavy atom. The van der Waals surface area contributed by atoms with Gasteiger partial charge in [0, 0.05) is 0 Å². The van der Waals surface area contributed by atoms with Crippen LogP contribution in [0.4, 0.5) is 11.6 Å². The summed E-state index contributed by atoms with van der Waals surface area (Å²) in [6, 6.07) is 10.1. The summed E-state index contributed by atoms with van der Waals surface area (Å²) < 4.78 is 13.7. The highest BCUT2D eigenvalue weighted by Gasteiger charge is 2.39. The van der Waals surface area contributed by atoms with Crippen molar-refractivity contribution in [1.29, 1.82) is 0 Å². The van der Waals surface area contributed by atoms with Gasteiger partial charge in [-0.3, -0.25) is 4.98 Å². The normalized spacial score (nSPS) is 13.1. The SMILES string of the molecule is CCC(O[Si](C)(C)C(C)(C)C)c1cc(C)c(Nc2ncnn2Cc2ccc(OC)cc2)cn1. The number of ether oxygens (including phenoxy) is 1. The number of methoxy groups -OCH3 is 1. The van der Waals surface area contributed by atoms with Crippen LogP contribution in [0.15, 0.2) is 42.9 Å². The summed E-state index contributed by atoms with van der Waals surface area (Å²) in [5, 5.41) is 7.93. The summed E-state index contributed by atoms with van der Waals surface area (Å²) in [4.78, 5) is 9.15. The molecule has 0 saturated heterocycles. The third-order valence-electron chi connectivity index (χ3n) is 6.43. The van der Waals surface area contributed by atoms with Gasteiger partial charge < -0.3 is 14.5 Å². The lowest BCUT2D eigenvalue weighted by Crippen LogP contribution is -2.41. The minimum Gasteiger partial charge on any atom is -0.497 e. The number of pyridine rings is 1. The van der Waals surface area contributed by atoms with Crippen LogP contribution in [-0.4, -0.2) is 35.2 Å². The first-order chi connectivity index (χ1) is 15.5. The smallest absolute Gasteiger partial charge is 0.225 e. The highest BCUT2D eigenvalue weighted by molar-refractivity contribution is 6.74. The van der Waals surface area contributed by atoms with E-state index in [9.17, 15) is 0 Å². The average Bonchev–Trinajstić information content (AvgIpc) is 3.19. The summed E-state index contributed by atoms with van der Waals surface area (Å²) in [5.41, 5.74) is 4.09. The van der Waals surface area contributed by atoms with Gasteiger partial charge in [-0.2, -0.15) is 10.1 Å². The number of aryl methyl sites for hydroxylation is 1. The number of nitrogens with one attached hydrogen (secondary N) is 1. The molecule has 1 unspecified atom stereocenters. The fraction of sp³-hybridized carbons (Fsp3) is 0.480. The first kappa shape index (κ1) is 24.9. The topological polar surface area (TPSA) is 74.1 Å². The number of hydrogen-bond donors (Lipinski definition) is 1. The van der Waals surface area contributed by atoms with Crippen LogP contribution < -0.4 is 10.1 Å². The second-order valence-corrected chi connectivity index (χ2v) is 14.7. The molecular weight excluding hydrogens is 430 g/mol. The Bertz CT molecular complexity index is 1060. The van der Waals surface area contributed by atoms with Crippen molar-refractivity contribution in [2.45, 2.75) is 71.8 Å². The van der Waals surface area contributed by atoms with Gasteiger partial charge in [0.15, 0.2) is 8.32 Å². The van der Waals surface area contributed by atoms with E-state index in [2.05, 4.69) is 69.2 Å². The molecule has 33 heavy (non-hydrogen) atoms. The summed E-state index contributed by atoms with van der Waals surface area (Å²) in [6.45, 7) is 16.2. The van der Waals surface area contributed by atoms with E-state index in [0.717, 1.165) is 34.7 Å². The predicted molar refractivity (Wildman–Crippen MR) is 136 cm³/mol. The molecule has 0 saturated carbocycles. The van der Waals surface area contributed by atoms with E-state index in [1.807, 2.05) is 35.1 Å². The van der Waals surface area contributed by atoms with Crippen LogP contribution in [0, 0.1) is 6.92 Å². The predicted octanol–water partition coefficient (Wildman–Crippen LogP) is 6.25. The fourth-order valence-electron chi connectivity index (χ4n) is 3.27. The third kappa shape index (κ3) is 6.00. The zero-order chi connectivity index (χ0) is 24.2. The van der Waals surface area contributed by atoms with Crippen LogP contribution >= 0.6 is 0 Å². The molecule has 8 heteroatoms. The van der Waals surface area contributed by atoms with Gasteiger partial charge in [0.2, 0.25) is 5.95 Å². The van der Waals surface area contributed by atoms with Gasteiger partial charge in [-0.05, 0) is 60.8 Å². The lowest BCUT2D eigenvalue weighted by molar-refractivity contribution is 0.175. The first-order valence-electron chi connectivity index (χ1n) is 11.5. The Morgan fingerprint density at radius 2 is 1.82 bits per heavy atom. The summed E-state index contributed by atoms with van der Waals surface area (Å²) >= 11 is 0. The minimum atomic E-state index is -1.89. The maximum Gasteiger partial charge on any atom is 0.225 e. The third-order valence-corrected chi connectivity index (χ3v) is 10.9. The molecule has 0 radical (unpaired) electrons. The molecule has 0 aliphatic rings. The molecule has 3 aromatic rings. The van der Waals surface area contributed by atoms with Crippen LogP contribution in [0.25, 0.3) is 0 Å². The Kier molecular flexibility index (Phi) is 7.59. The molecule has 2 aromatic heterocycles. The van der Waals surface area contributed by atoms with Gasteiger partial charge in [-0.15, -0.1) is 0 Å². The standard InChI is InChI=1S/C25H37N5O2Si/c1-9-23(32-33(7,8)25(3,4)5)21-14-18(2)22(15-26-21)29-24-27-17-28-30(24)16-19-10-12-20(31-6)13-11-19/h10-15,17,23H,9,16H2,1-8H3,(H,27,28,29). The Labute approximate surface area is 198 Å². The van der Waals surface area contributed by atoms with Crippen molar-refractivity contribution in [2.75, 3.05) is 12.4 Å². The lowest BCUT2D eigenvalue weighted by Gasteiger charge is -2.39. The number of nitrogens with zero attached hydrogens (tertiary/aromatic N) is 4. The molecule has 3 rings (SSSR count). The molecule has 0 aliphatic heterocycles. The highest BCUT2D eigenvalue weighted by Crippen LogP contribution is 2.40. The van der Waals surface area contributed by atoms with Gasteiger partial charge >= 0.3 is 0 Å².